The largest absolute Gasteiger partial charge is 0.463 e. The summed E-state index contributed by atoms with van der Waals surface area (Å²) >= 11 is 1.40. The number of aromatic nitrogens is 2. The van der Waals surface area contributed by atoms with Gasteiger partial charge in [0.25, 0.3) is 5.69 Å². The first-order valence-electron chi connectivity index (χ1n) is 10.7. The van der Waals surface area contributed by atoms with E-state index in [1.807, 2.05) is 17.8 Å². The molecule has 1 N–H and O–H groups in total. The van der Waals surface area contributed by atoms with Gasteiger partial charge in [0.1, 0.15) is 0 Å². The van der Waals surface area contributed by atoms with Crippen LogP contribution in [0.3, 0.4) is 0 Å². The van der Waals surface area contributed by atoms with E-state index in [0.717, 1.165) is 5.16 Å². The van der Waals surface area contributed by atoms with E-state index in [1.54, 1.807) is 33.0 Å². The Bertz CT molecular complexity index is 1170. The number of nitro benzene ring substituents is 1. The molecule has 1 unspecified atom stereocenters. The van der Waals surface area contributed by atoms with E-state index in [2.05, 4.69) is 10.3 Å². The van der Waals surface area contributed by atoms with E-state index in [0.29, 0.717) is 22.7 Å². The molecule has 2 heterocycles. The van der Waals surface area contributed by atoms with Crippen LogP contribution in [0.2, 0.25) is 0 Å². The quantitative estimate of drug-likeness (QED) is 0.245. The summed E-state index contributed by atoms with van der Waals surface area (Å²) in [6.45, 7) is 5.35. The van der Waals surface area contributed by atoms with E-state index in [9.17, 15) is 19.7 Å². The van der Waals surface area contributed by atoms with Gasteiger partial charge in [0.2, 0.25) is 0 Å². The van der Waals surface area contributed by atoms with Gasteiger partial charge in [-0.05, 0) is 26.3 Å². The van der Waals surface area contributed by atoms with Crippen molar-refractivity contribution in [2.45, 2.75) is 31.8 Å². The first kappa shape index (κ1) is 25.0. The van der Waals surface area contributed by atoms with Gasteiger partial charge in [0, 0.05) is 48.7 Å². The molecule has 1 aromatic heterocycles. The normalized spacial score (nSPS) is 15.7. The molecule has 11 heteroatoms. The predicted molar refractivity (Wildman–Crippen MR) is 126 cm³/mol. The molecule has 0 aliphatic carbocycles. The lowest BCUT2D eigenvalue weighted by molar-refractivity contribution is -0.384. The Labute approximate surface area is 201 Å². The fourth-order valence-corrected chi connectivity index (χ4v) is 4.62. The van der Waals surface area contributed by atoms with Gasteiger partial charge in [-0.1, -0.05) is 23.9 Å². The van der Waals surface area contributed by atoms with Crippen LogP contribution in [-0.4, -0.2) is 45.4 Å². The van der Waals surface area contributed by atoms with Crippen LogP contribution in [0.1, 0.15) is 32.3 Å². The lowest BCUT2D eigenvalue weighted by Crippen LogP contribution is -2.34. The number of non-ortho nitro benzene ring substituents is 1. The number of ether oxygens (including phenoxy) is 2. The molecule has 0 saturated carbocycles. The molecule has 10 nitrogen and oxygen atoms in total. The molecule has 0 amide bonds. The van der Waals surface area contributed by atoms with E-state index in [1.165, 1.54) is 30.0 Å². The van der Waals surface area contributed by atoms with Gasteiger partial charge < -0.3 is 19.4 Å². The SMILES string of the molecule is CCOC(=O)C1=C(C)NC(CSc2nccn2C)=C(C(=O)OCC)C1c1cccc([N+](=O)[O-])c1. The van der Waals surface area contributed by atoms with Gasteiger partial charge in [0.05, 0.1) is 35.2 Å². The van der Waals surface area contributed by atoms with Crippen LogP contribution in [0.4, 0.5) is 5.69 Å². The predicted octanol–water partition coefficient (Wildman–Crippen LogP) is 3.46. The van der Waals surface area contributed by atoms with Gasteiger partial charge in [-0.15, -0.1) is 0 Å². The average molecular weight is 487 g/mol. The number of benzene rings is 1. The third-order valence-corrected chi connectivity index (χ3v) is 6.26. The maximum atomic E-state index is 13.2. The summed E-state index contributed by atoms with van der Waals surface area (Å²) in [5, 5.41) is 15.4. The molecule has 0 spiro atoms. The van der Waals surface area contributed by atoms with Gasteiger partial charge in [-0.25, -0.2) is 14.6 Å². The Hall–Kier alpha value is -3.60. The van der Waals surface area contributed by atoms with Crippen molar-refractivity contribution in [1.82, 2.24) is 14.9 Å². The van der Waals surface area contributed by atoms with Crippen molar-refractivity contribution in [2.75, 3.05) is 19.0 Å². The fourth-order valence-electron chi connectivity index (χ4n) is 3.72. The van der Waals surface area contributed by atoms with Crippen LogP contribution in [-0.2, 0) is 26.1 Å². The van der Waals surface area contributed by atoms with Crippen LogP contribution in [0, 0.1) is 10.1 Å². The van der Waals surface area contributed by atoms with Crippen molar-refractivity contribution in [2.24, 2.45) is 7.05 Å². The molecule has 1 atom stereocenters. The number of imidazole rings is 1. The monoisotopic (exact) mass is 486 g/mol. The van der Waals surface area contributed by atoms with Crippen LogP contribution < -0.4 is 5.32 Å². The molecule has 0 radical (unpaired) electrons. The molecule has 1 aliphatic rings. The molecular formula is C23H26N4O6S. The third-order valence-electron chi connectivity index (χ3n) is 5.17. The maximum Gasteiger partial charge on any atom is 0.336 e. The lowest BCUT2D eigenvalue weighted by Gasteiger charge is -2.31. The number of aryl methyl sites for hydroxylation is 1. The molecule has 1 aliphatic heterocycles. The Morgan fingerprint density at radius 2 is 1.88 bits per heavy atom. The van der Waals surface area contributed by atoms with E-state index in [-0.39, 0.29) is 30.0 Å². The summed E-state index contributed by atoms with van der Waals surface area (Å²) in [4.78, 5) is 41.4. The number of esters is 2. The fraction of sp³-hybridized carbons (Fsp3) is 0.348. The zero-order valence-corrected chi connectivity index (χ0v) is 20.2. The average Bonchev–Trinajstić information content (AvgIpc) is 3.21. The van der Waals surface area contributed by atoms with Crippen molar-refractivity contribution in [3.63, 3.8) is 0 Å². The lowest BCUT2D eigenvalue weighted by atomic mass is 9.80. The summed E-state index contributed by atoms with van der Waals surface area (Å²) in [5.74, 6) is -1.80. The van der Waals surface area contributed by atoms with Crippen LogP contribution in [0.25, 0.3) is 0 Å². The minimum atomic E-state index is -0.906. The van der Waals surface area contributed by atoms with E-state index in [4.69, 9.17) is 9.47 Å². The van der Waals surface area contributed by atoms with Crippen LogP contribution >= 0.6 is 11.8 Å². The molecule has 0 bridgehead atoms. The number of hydrogen-bond acceptors (Lipinski definition) is 9. The third kappa shape index (κ3) is 5.30. The zero-order valence-electron chi connectivity index (χ0n) is 19.4. The Morgan fingerprint density at radius 1 is 1.21 bits per heavy atom. The van der Waals surface area contributed by atoms with E-state index >= 15 is 0 Å². The maximum absolute atomic E-state index is 13.2. The number of thioether (sulfide) groups is 1. The van der Waals surface area contributed by atoms with Crippen molar-refractivity contribution in [3.8, 4) is 0 Å². The summed E-state index contributed by atoms with van der Waals surface area (Å²) in [7, 11) is 1.86. The number of dihydropyridines is 1. The number of nitro groups is 1. The molecule has 1 aromatic carbocycles. The summed E-state index contributed by atoms with van der Waals surface area (Å²) in [6, 6.07) is 5.90. The van der Waals surface area contributed by atoms with Gasteiger partial charge in [0.15, 0.2) is 5.16 Å². The van der Waals surface area contributed by atoms with Crippen LogP contribution in [0.15, 0.2) is 64.4 Å². The van der Waals surface area contributed by atoms with E-state index < -0.39 is 22.8 Å². The minimum Gasteiger partial charge on any atom is -0.463 e. The number of nitrogens with zero attached hydrogens (tertiary/aromatic N) is 3. The number of carbonyl (C=O) groups excluding carboxylic acids is 2. The molecule has 180 valence electrons. The molecule has 0 saturated heterocycles. The number of rotatable bonds is 9. The Morgan fingerprint density at radius 3 is 2.47 bits per heavy atom. The first-order valence-corrected chi connectivity index (χ1v) is 11.7. The summed E-state index contributed by atoms with van der Waals surface area (Å²) in [6.07, 6.45) is 3.49. The van der Waals surface area contributed by atoms with Crippen molar-refractivity contribution < 1.29 is 24.0 Å². The van der Waals surface area contributed by atoms with Crippen molar-refractivity contribution in [3.05, 3.63) is 74.9 Å². The number of hydrogen-bond donors (Lipinski definition) is 1. The summed E-state index contributed by atoms with van der Waals surface area (Å²) in [5.41, 5.74) is 1.71. The first-order chi connectivity index (χ1) is 16.3. The Balaban J connectivity index is 2.18. The number of nitrogens with one attached hydrogen (secondary N) is 1. The second-order valence-corrected chi connectivity index (χ2v) is 8.33. The Kier molecular flexibility index (Phi) is 8.11. The smallest absolute Gasteiger partial charge is 0.336 e. The highest BCUT2D eigenvalue weighted by molar-refractivity contribution is 7.99. The number of allylic oxidation sites excluding steroid dienone is 1. The minimum absolute atomic E-state index is 0.126. The highest BCUT2D eigenvalue weighted by atomic mass is 32.2. The topological polar surface area (TPSA) is 126 Å². The molecule has 2 aromatic rings. The second-order valence-electron chi connectivity index (χ2n) is 7.39. The highest BCUT2D eigenvalue weighted by Crippen LogP contribution is 2.41. The van der Waals surface area contributed by atoms with Crippen molar-refractivity contribution >= 4 is 29.4 Å². The van der Waals surface area contributed by atoms with Gasteiger partial charge >= 0.3 is 11.9 Å². The number of carbonyl (C=O) groups is 2. The highest BCUT2D eigenvalue weighted by Gasteiger charge is 2.39. The van der Waals surface area contributed by atoms with Gasteiger partial charge in [-0.3, -0.25) is 10.1 Å². The van der Waals surface area contributed by atoms with Crippen LogP contribution in [0.5, 0.6) is 0 Å². The van der Waals surface area contributed by atoms with Gasteiger partial charge in [-0.2, -0.15) is 0 Å². The molecule has 0 fully saturated rings. The second kappa shape index (κ2) is 11.0. The molecule has 3 rings (SSSR count). The standard InChI is InChI=1S/C23H26N4O6S/c1-5-32-21(28)18-14(3)25-17(13-34-23-24-10-11-26(23)4)20(22(29)33-6-2)19(18)15-8-7-9-16(12-15)27(30)31/h7-12,19,25H,5-6,13H2,1-4H3. The summed E-state index contributed by atoms with van der Waals surface area (Å²) < 4.78 is 12.5. The van der Waals surface area contributed by atoms with Crippen molar-refractivity contribution in [1.29, 1.82) is 0 Å². The molecule has 34 heavy (non-hydrogen) atoms. The molecular weight excluding hydrogens is 460 g/mol. The zero-order chi connectivity index (χ0) is 24.8.